The number of carbonyl (C=O) groups excluding carboxylic acids is 2. The number of hydrogen-bond donors (Lipinski definition) is 4. The van der Waals surface area contributed by atoms with E-state index in [4.69, 9.17) is 58.1 Å². The lowest BCUT2D eigenvalue weighted by Gasteiger charge is -2.11. The van der Waals surface area contributed by atoms with Gasteiger partial charge in [0.1, 0.15) is 25.7 Å². The summed E-state index contributed by atoms with van der Waals surface area (Å²) in [4.78, 5) is 26.5. The number of rotatable bonds is 32. The van der Waals surface area contributed by atoms with Crippen LogP contribution in [0.3, 0.4) is 0 Å². The maximum atomic E-state index is 11.6. The summed E-state index contributed by atoms with van der Waals surface area (Å²) in [6.45, 7) is 6.90. The van der Waals surface area contributed by atoms with E-state index in [-0.39, 0.29) is 24.7 Å². The number of anilines is 1. The topological polar surface area (TPSA) is 168 Å². The van der Waals surface area contributed by atoms with Crippen LogP contribution in [0.1, 0.15) is 19.3 Å². The number of nitrogens with zero attached hydrogens (tertiary/aromatic N) is 1. The number of isothiocyanates is 1. The molecule has 0 spiro atoms. The van der Waals surface area contributed by atoms with E-state index in [1.807, 2.05) is 29.5 Å². The Balaban J connectivity index is 1.74. The number of ether oxygens (including phenoxy) is 8. The zero-order valence-corrected chi connectivity index (χ0v) is 29.5. The zero-order valence-electron chi connectivity index (χ0n) is 27.8. The van der Waals surface area contributed by atoms with Gasteiger partial charge in [-0.1, -0.05) is 0 Å². The number of amides is 2. The third-order valence-electron chi connectivity index (χ3n) is 5.80. The molecule has 0 heterocycles. The van der Waals surface area contributed by atoms with Gasteiger partial charge in [-0.2, -0.15) is 4.99 Å². The molecule has 49 heavy (non-hydrogen) atoms. The third kappa shape index (κ3) is 29.5. The molecule has 0 aromatic heterocycles. The van der Waals surface area contributed by atoms with Gasteiger partial charge in [-0.05, 0) is 55.1 Å². The van der Waals surface area contributed by atoms with Gasteiger partial charge in [0.05, 0.1) is 90.1 Å². The molecule has 0 aliphatic carbocycles. The molecule has 4 N–H and O–H groups in total. The van der Waals surface area contributed by atoms with Gasteiger partial charge in [-0.15, -0.1) is 0 Å². The molecule has 18 heteroatoms. The van der Waals surface area contributed by atoms with Gasteiger partial charge >= 0.3 is 0 Å². The van der Waals surface area contributed by atoms with Crippen molar-refractivity contribution in [2.45, 2.75) is 19.3 Å². The summed E-state index contributed by atoms with van der Waals surface area (Å²) < 4.78 is 43.2. The van der Waals surface area contributed by atoms with Gasteiger partial charge in [-0.3, -0.25) is 9.59 Å². The number of nitrogens with one attached hydrogen (secondary N) is 4. The summed E-state index contributed by atoms with van der Waals surface area (Å²) in [5.41, 5.74) is 1.58. The Kier molecular flexibility index (Phi) is 29.8. The summed E-state index contributed by atoms with van der Waals surface area (Å²) in [5, 5.41) is 13.7. The Labute approximate surface area is 300 Å². The lowest BCUT2D eigenvalue weighted by Crippen LogP contribution is -2.31. The molecule has 0 aliphatic rings. The molecule has 1 rings (SSSR count). The van der Waals surface area contributed by atoms with Gasteiger partial charge < -0.3 is 59.1 Å². The summed E-state index contributed by atoms with van der Waals surface area (Å²) in [5.74, 6) is -0.397. The van der Waals surface area contributed by atoms with Crippen LogP contribution in [0.15, 0.2) is 41.8 Å². The van der Waals surface area contributed by atoms with E-state index >= 15 is 0 Å². The molecular formula is C31H48BN5O10S2. The summed E-state index contributed by atoms with van der Waals surface area (Å²) >= 11 is 9.86. The van der Waals surface area contributed by atoms with E-state index in [0.717, 1.165) is 11.4 Å². The van der Waals surface area contributed by atoms with Crippen LogP contribution in [-0.4, -0.2) is 136 Å². The fourth-order valence-corrected chi connectivity index (χ4v) is 3.72. The monoisotopic (exact) mass is 725 g/mol. The first-order valence-corrected chi connectivity index (χ1v) is 16.7. The van der Waals surface area contributed by atoms with Crippen LogP contribution >= 0.6 is 24.4 Å². The van der Waals surface area contributed by atoms with Crippen molar-refractivity contribution in [3.63, 3.8) is 0 Å². The molecule has 0 unspecified atom stereocenters. The summed E-state index contributed by atoms with van der Waals surface area (Å²) in [7, 11) is 4.99. The lowest BCUT2D eigenvalue weighted by atomic mass is 10.2. The minimum atomic E-state index is -0.262. The highest BCUT2D eigenvalue weighted by molar-refractivity contribution is 7.80. The van der Waals surface area contributed by atoms with Gasteiger partial charge in [0.15, 0.2) is 5.11 Å². The second-order valence-electron chi connectivity index (χ2n) is 9.59. The molecule has 1 aromatic carbocycles. The average Bonchev–Trinajstić information content (AvgIpc) is 3.10. The van der Waals surface area contributed by atoms with E-state index in [9.17, 15) is 9.59 Å². The molecule has 0 saturated heterocycles. The first-order chi connectivity index (χ1) is 24.0. The normalized spacial score (nSPS) is 10.7. The Bertz CT molecular complexity index is 1090. The van der Waals surface area contributed by atoms with Crippen molar-refractivity contribution in [3.8, 4) is 0 Å². The van der Waals surface area contributed by atoms with E-state index in [1.165, 1.54) is 12.5 Å². The van der Waals surface area contributed by atoms with Gasteiger partial charge in [0.25, 0.3) is 0 Å². The van der Waals surface area contributed by atoms with E-state index in [0.29, 0.717) is 117 Å². The fraction of sp³-hybridized carbons (Fsp3) is 0.613. The fourth-order valence-electron chi connectivity index (χ4n) is 3.40. The Morgan fingerprint density at radius 2 is 1.18 bits per heavy atom. The van der Waals surface area contributed by atoms with Gasteiger partial charge in [0.2, 0.25) is 19.8 Å². The van der Waals surface area contributed by atoms with Gasteiger partial charge in [0, 0.05) is 31.6 Å². The summed E-state index contributed by atoms with van der Waals surface area (Å²) in [6.07, 6.45) is 3.93. The molecule has 0 bridgehead atoms. The molecule has 0 atom stereocenters. The van der Waals surface area contributed by atoms with E-state index in [1.54, 1.807) is 0 Å². The number of aliphatic imine (C=N–C) groups is 1. The minimum Gasteiger partial charge on any atom is -0.496 e. The van der Waals surface area contributed by atoms with Crippen LogP contribution in [-0.2, 0) is 47.5 Å². The molecule has 0 saturated carbocycles. The maximum absolute atomic E-state index is 11.6. The van der Waals surface area contributed by atoms with Crippen molar-refractivity contribution in [1.82, 2.24) is 15.9 Å². The largest absolute Gasteiger partial charge is 0.496 e. The molecule has 15 nitrogen and oxygen atoms in total. The van der Waals surface area contributed by atoms with E-state index < -0.39 is 0 Å². The highest BCUT2D eigenvalue weighted by Gasteiger charge is 2.03. The standard InChI is InChI=1S/C31H48BN5O10S2/c32-37-30(39)2-1-8-33-29(38)7-10-40-12-14-42-16-18-44-20-22-46-24-25-47-23-21-45-19-17-43-15-13-41-11-9-34-31(49)36-28-5-3-27(4-6-28)35-26-48/h3-6,20,22H,1-2,7-19,21,23-25H2,(H,33,38)(H,37,39)(H2,34,36,49)/b22-20+. The van der Waals surface area contributed by atoms with Gasteiger partial charge in [-0.25, -0.2) is 0 Å². The second-order valence-corrected chi connectivity index (χ2v) is 10.2. The number of benzene rings is 1. The molecule has 0 fully saturated rings. The molecule has 0 aliphatic heterocycles. The van der Waals surface area contributed by atoms with Crippen LogP contribution in [0, 0.1) is 0 Å². The van der Waals surface area contributed by atoms with Crippen molar-refractivity contribution in [2.24, 2.45) is 4.99 Å². The SMILES string of the molecule is [B]NC(=O)CCCNC(=O)CCOCCOCCO/C=C/OCCOCCOCCOCCOCCNC(=S)Nc1ccc(N=C=S)cc1. The van der Waals surface area contributed by atoms with Crippen LogP contribution < -0.4 is 21.2 Å². The van der Waals surface area contributed by atoms with Crippen LogP contribution in [0.2, 0.25) is 0 Å². The Morgan fingerprint density at radius 3 is 1.71 bits per heavy atom. The Morgan fingerprint density at radius 1 is 0.673 bits per heavy atom. The van der Waals surface area contributed by atoms with Crippen LogP contribution in [0.25, 0.3) is 0 Å². The quantitative estimate of drug-likeness (QED) is 0.0279. The smallest absolute Gasteiger partial charge is 0.226 e. The van der Waals surface area contributed by atoms with Crippen molar-refractivity contribution in [1.29, 1.82) is 0 Å². The Hall–Kier alpha value is -3.19. The maximum Gasteiger partial charge on any atom is 0.226 e. The average molecular weight is 726 g/mol. The highest BCUT2D eigenvalue weighted by Crippen LogP contribution is 2.15. The third-order valence-corrected chi connectivity index (χ3v) is 6.13. The number of carbonyl (C=O) groups is 2. The van der Waals surface area contributed by atoms with Crippen molar-refractivity contribution in [2.75, 3.05) is 111 Å². The first kappa shape index (κ1) is 43.8. The zero-order chi connectivity index (χ0) is 35.5. The van der Waals surface area contributed by atoms with Crippen LogP contribution in [0.4, 0.5) is 11.4 Å². The number of thiocarbonyl (C=S) groups is 2. The molecule has 2 radical (unpaired) electrons. The minimum absolute atomic E-state index is 0.135. The molecular weight excluding hydrogens is 677 g/mol. The summed E-state index contributed by atoms with van der Waals surface area (Å²) in [6, 6.07) is 7.35. The van der Waals surface area contributed by atoms with E-state index in [2.05, 4.69) is 38.3 Å². The second kappa shape index (κ2) is 33.3. The predicted octanol–water partition coefficient (Wildman–Crippen LogP) is 1.80. The highest BCUT2D eigenvalue weighted by atomic mass is 32.1. The number of hydrogen-bond acceptors (Lipinski definition) is 13. The van der Waals surface area contributed by atoms with Crippen LogP contribution in [0.5, 0.6) is 0 Å². The molecule has 1 aromatic rings. The van der Waals surface area contributed by atoms with Crippen molar-refractivity contribution in [3.05, 3.63) is 36.8 Å². The van der Waals surface area contributed by atoms with Crippen molar-refractivity contribution < 1.29 is 47.5 Å². The molecule has 272 valence electrons. The first-order valence-electron chi connectivity index (χ1n) is 15.9. The van der Waals surface area contributed by atoms with Crippen molar-refractivity contribution >= 4 is 65.9 Å². The lowest BCUT2D eigenvalue weighted by molar-refractivity contribution is -0.123. The molecule has 2 amide bonds. The predicted molar refractivity (Wildman–Crippen MR) is 192 cm³/mol.